The van der Waals surface area contributed by atoms with Crippen LogP contribution in [0.2, 0.25) is 0 Å². The van der Waals surface area contributed by atoms with Crippen LogP contribution in [0.1, 0.15) is 54.4 Å². The number of halogens is 5. The molecule has 1 aliphatic carbocycles. The van der Waals surface area contributed by atoms with Crippen molar-refractivity contribution in [3.8, 4) is 11.4 Å². The van der Waals surface area contributed by atoms with Gasteiger partial charge in [-0.05, 0) is 51.3 Å². The lowest BCUT2D eigenvalue weighted by Gasteiger charge is -2.20. The van der Waals surface area contributed by atoms with Crippen molar-refractivity contribution in [1.82, 2.24) is 14.3 Å². The van der Waals surface area contributed by atoms with Crippen LogP contribution in [-0.2, 0) is 6.54 Å². The highest BCUT2D eigenvalue weighted by atomic mass is 19.4. The van der Waals surface area contributed by atoms with Crippen molar-refractivity contribution in [2.75, 3.05) is 5.32 Å². The van der Waals surface area contributed by atoms with Crippen molar-refractivity contribution in [1.29, 1.82) is 0 Å². The molecule has 1 amide bonds. The molecule has 2 aromatic carbocycles. The Balaban J connectivity index is 1.82. The third-order valence-electron chi connectivity index (χ3n) is 5.90. The molecule has 0 aliphatic heterocycles. The quantitative estimate of drug-likeness (QED) is 0.449. The molecule has 1 aliphatic rings. The SMILES string of the molecule is CCn1c(C2CC2)nn(-c2cc(OC(C)C(F)(F)F)c(C(=O)Nc3c(C)cccc3F)cc2F)c1=O. The largest absolute Gasteiger partial charge is 0.480 e. The fraction of sp³-hybridized carbons (Fsp3) is 0.375. The van der Waals surface area contributed by atoms with Crippen LogP contribution >= 0.6 is 0 Å². The van der Waals surface area contributed by atoms with E-state index in [1.807, 2.05) is 0 Å². The first-order valence-electron chi connectivity index (χ1n) is 11.3. The Bertz CT molecular complexity index is 1360. The molecule has 1 unspecified atom stereocenters. The fourth-order valence-electron chi connectivity index (χ4n) is 3.72. The van der Waals surface area contributed by atoms with Crippen molar-refractivity contribution in [2.24, 2.45) is 0 Å². The van der Waals surface area contributed by atoms with Crippen LogP contribution in [0.25, 0.3) is 5.69 Å². The zero-order chi connectivity index (χ0) is 26.4. The van der Waals surface area contributed by atoms with Crippen molar-refractivity contribution in [3.05, 3.63) is 69.4 Å². The monoisotopic (exact) mass is 510 g/mol. The average Bonchev–Trinajstić information content (AvgIpc) is 3.59. The number of aryl methyl sites for hydroxylation is 1. The van der Waals surface area contributed by atoms with Gasteiger partial charge in [-0.2, -0.15) is 17.9 Å². The third kappa shape index (κ3) is 4.84. The molecular formula is C24H23F5N4O3. The summed E-state index contributed by atoms with van der Waals surface area (Å²) in [7, 11) is 0. The van der Waals surface area contributed by atoms with Gasteiger partial charge in [0.05, 0.1) is 11.3 Å². The molecule has 0 radical (unpaired) electrons. The van der Waals surface area contributed by atoms with E-state index < -0.39 is 52.5 Å². The van der Waals surface area contributed by atoms with Gasteiger partial charge < -0.3 is 10.1 Å². The lowest BCUT2D eigenvalue weighted by atomic mass is 10.1. The standard InChI is InChI=1S/C24H23F5N4O3/c1-4-32-21(14-8-9-14)31-33(23(32)35)18-11-19(36-13(3)24(27,28)29)15(10-17(18)26)22(34)30-20-12(2)6-5-7-16(20)25/h5-7,10-11,13-14H,4,8-9H2,1-3H3,(H,30,34). The Hall–Kier alpha value is -3.70. The number of hydrogen-bond acceptors (Lipinski definition) is 4. The molecule has 1 N–H and O–H groups in total. The van der Waals surface area contributed by atoms with Gasteiger partial charge in [-0.15, -0.1) is 5.10 Å². The summed E-state index contributed by atoms with van der Waals surface area (Å²) in [6.07, 6.45) is -5.55. The van der Waals surface area contributed by atoms with Gasteiger partial charge in [0.25, 0.3) is 5.91 Å². The molecule has 0 saturated heterocycles. The molecule has 1 fully saturated rings. The minimum absolute atomic E-state index is 0.0389. The van der Waals surface area contributed by atoms with E-state index >= 15 is 4.39 Å². The number of nitrogens with one attached hydrogen (secondary N) is 1. The molecule has 7 nitrogen and oxygen atoms in total. The number of alkyl halides is 3. The predicted molar refractivity (Wildman–Crippen MR) is 121 cm³/mol. The number of hydrogen-bond donors (Lipinski definition) is 1. The number of carbonyl (C=O) groups is 1. The summed E-state index contributed by atoms with van der Waals surface area (Å²) in [5.41, 5.74) is -1.63. The highest BCUT2D eigenvalue weighted by Gasteiger charge is 2.39. The van der Waals surface area contributed by atoms with Crippen LogP contribution < -0.4 is 15.7 Å². The van der Waals surface area contributed by atoms with Gasteiger partial charge in [0, 0.05) is 18.5 Å². The zero-order valence-corrected chi connectivity index (χ0v) is 19.6. The third-order valence-corrected chi connectivity index (χ3v) is 5.90. The second kappa shape index (κ2) is 9.40. The first kappa shape index (κ1) is 25.4. The molecule has 192 valence electrons. The lowest BCUT2D eigenvalue weighted by Crippen LogP contribution is -2.32. The smallest absolute Gasteiger partial charge is 0.425 e. The second-order valence-corrected chi connectivity index (χ2v) is 8.56. The molecule has 1 aromatic heterocycles. The van der Waals surface area contributed by atoms with Crippen LogP contribution in [-0.4, -0.2) is 32.5 Å². The molecular weight excluding hydrogens is 487 g/mol. The normalized spacial score (nSPS) is 14.6. The Morgan fingerprint density at radius 1 is 1.22 bits per heavy atom. The maximum atomic E-state index is 15.2. The lowest BCUT2D eigenvalue weighted by molar-refractivity contribution is -0.189. The van der Waals surface area contributed by atoms with E-state index in [2.05, 4.69) is 10.4 Å². The number of benzene rings is 2. The van der Waals surface area contributed by atoms with Crippen LogP contribution in [0.15, 0.2) is 35.1 Å². The van der Waals surface area contributed by atoms with Gasteiger partial charge in [-0.1, -0.05) is 12.1 Å². The van der Waals surface area contributed by atoms with E-state index in [1.165, 1.54) is 23.6 Å². The molecule has 1 saturated carbocycles. The Kier molecular flexibility index (Phi) is 6.63. The fourth-order valence-corrected chi connectivity index (χ4v) is 3.72. The molecule has 1 heterocycles. The molecule has 0 bridgehead atoms. The number of rotatable bonds is 7. The van der Waals surface area contributed by atoms with Crippen LogP contribution in [0.3, 0.4) is 0 Å². The van der Waals surface area contributed by atoms with E-state index in [-0.39, 0.29) is 18.2 Å². The summed E-state index contributed by atoms with van der Waals surface area (Å²) in [5, 5.41) is 6.47. The Labute approximate surface area is 202 Å². The number of ether oxygens (including phenoxy) is 1. The molecule has 4 rings (SSSR count). The molecule has 36 heavy (non-hydrogen) atoms. The van der Waals surface area contributed by atoms with E-state index in [1.54, 1.807) is 6.92 Å². The Morgan fingerprint density at radius 3 is 2.50 bits per heavy atom. The van der Waals surface area contributed by atoms with Crippen LogP contribution in [0.5, 0.6) is 5.75 Å². The molecule has 0 spiro atoms. The number of aromatic nitrogens is 3. The van der Waals surface area contributed by atoms with Crippen LogP contribution in [0, 0.1) is 18.6 Å². The number of anilines is 1. The van der Waals surface area contributed by atoms with Crippen molar-refractivity contribution >= 4 is 11.6 Å². The van der Waals surface area contributed by atoms with E-state index in [4.69, 9.17) is 4.74 Å². The van der Waals surface area contributed by atoms with Gasteiger partial charge in [-0.25, -0.2) is 13.6 Å². The van der Waals surface area contributed by atoms with Gasteiger partial charge in [0.15, 0.2) is 6.10 Å². The second-order valence-electron chi connectivity index (χ2n) is 8.56. The Morgan fingerprint density at radius 2 is 1.92 bits per heavy atom. The summed E-state index contributed by atoms with van der Waals surface area (Å²) in [6, 6.07) is 5.49. The minimum atomic E-state index is -4.80. The maximum Gasteiger partial charge on any atom is 0.425 e. The molecule has 3 aromatic rings. The van der Waals surface area contributed by atoms with Crippen molar-refractivity contribution in [2.45, 2.75) is 58.4 Å². The van der Waals surface area contributed by atoms with E-state index in [9.17, 15) is 27.2 Å². The predicted octanol–water partition coefficient (Wildman–Crippen LogP) is 5.10. The van der Waals surface area contributed by atoms with Crippen LogP contribution in [0.4, 0.5) is 27.6 Å². The number of para-hydroxylation sites is 1. The summed E-state index contributed by atoms with van der Waals surface area (Å²) in [6.45, 7) is 4.21. The average molecular weight is 510 g/mol. The summed E-state index contributed by atoms with van der Waals surface area (Å²) >= 11 is 0. The topological polar surface area (TPSA) is 78.2 Å². The zero-order valence-electron chi connectivity index (χ0n) is 19.6. The summed E-state index contributed by atoms with van der Waals surface area (Å²) in [5.74, 6) is -3.13. The maximum absolute atomic E-state index is 15.2. The molecule has 12 heteroatoms. The minimum Gasteiger partial charge on any atom is -0.480 e. The molecule has 1 atom stereocenters. The van der Waals surface area contributed by atoms with E-state index in [0.717, 1.165) is 36.6 Å². The van der Waals surface area contributed by atoms with Gasteiger partial charge >= 0.3 is 11.9 Å². The van der Waals surface area contributed by atoms with Gasteiger partial charge in [0.1, 0.15) is 28.9 Å². The first-order chi connectivity index (χ1) is 16.9. The van der Waals surface area contributed by atoms with Crippen molar-refractivity contribution in [3.63, 3.8) is 0 Å². The number of amides is 1. The van der Waals surface area contributed by atoms with Crippen molar-refractivity contribution < 1.29 is 31.5 Å². The summed E-state index contributed by atoms with van der Waals surface area (Å²) in [4.78, 5) is 25.8. The number of nitrogens with zero attached hydrogens (tertiary/aromatic N) is 3. The number of carbonyl (C=O) groups excluding carboxylic acids is 1. The first-order valence-corrected chi connectivity index (χ1v) is 11.3. The van der Waals surface area contributed by atoms with Gasteiger partial charge in [-0.3, -0.25) is 9.36 Å². The highest BCUT2D eigenvalue weighted by molar-refractivity contribution is 6.06. The van der Waals surface area contributed by atoms with E-state index in [0.29, 0.717) is 17.5 Å². The van der Waals surface area contributed by atoms with Gasteiger partial charge in [0.2, 0.25) is 0 Å². The summed E-state index contributed by atoms with van der Waals surface area (Å²) < 4.78 is 76.4. The highest BCUT2D eigenvalue weighted by Crippen LogP contribution is 2.39.